The van der Waals surface area contributed by atoms with Gasteiger partial charge in [0.05, 0.1) is 26.6 Å². The van der Waals surface area contributed by atoms with Gasteiger partial charge in [0, 0.05) is 37.0 Å². The van der Waals surface area contributed by atoms with Gasteiger partial charge >= 0.3 is 0 Å². The van der Waals surface area contributed by atoms with Gasteiger partial charge in [-0.1, -0.05) is 6.07 Å². The molecule has 1 aliphatic heterocycles. The molecule has 1 saturated heterocycles. The Labute approximate surface area is 173 Å². The van der Waals surface area contributed by atoms with Crippen LogP contribution in [0.3, 0.4) is 0 Å². The Hall–Kier alpha value is -2.77. The third-order valence-electron chi connectivity index (χ3n) is 5.69. The highest BCUT2D eigenvalue weighted by Crippen LogP contribution is 2.27. The summed E-state index contributed by atoms with van der Waals surface area (Å²) < 4.78 is 2.76. The molecule has 0 saturated carbocycles. The van der Waals surface area contributed by atoms with Crippen molar-refractivity contribution in [3.63, 3.8) is 0 Å². The highest BCUT2D eigenvalue weighted by Gasteiger charge is 2.24. The Morgan fingerprint density at radius 3 is 2.79 bits per heavy atom. The van der Waals surface area contributed by atoms with E-state index >= 15 is 0 Å². The Kier molecular flexibility index (Phi) is 4.37. The van der Waals surface area contributed by atoms with Crippen LogP contribution in [0.2, 0.25) is 0 Å². The Morgan fingerprint density at radius 2 is 2.00 bits per heavy atom. The first-order valence-corrected chi connectivity index (χ1v) is 10.6. The maximum Gasteiger partial charge on any atom is 0.258 e. The average Bonchev–Trinajstić information content (AvgIpc) is 3.33. The number of hydrogen-bond donors (Lipinski definition) is 0. The summed E-state index contributed by atoms with van der Waals surface area (Å²) in [5.74, 6) is 0. The van der Waals surface area contributed by atoms with E-state index in [1.165, 1.54) is 0 Å². The Balaban J connectivity index is 1.52. The molecule has 0 amide bonds. The molecule has 6 nitrogen and oxygen atoms in total. The van der Waals surface area contributed by atoms with Crippen LogP contribution in [0.15, 0.2) is 47.4 Å². The van der Waals surface area contributed by atoms with Crippen molar-refractivity contribution < 1.29 is 0 Å². The van der Waals surface area contributed by atoms with Crippen molar-refractivity contribution >= 4 is 32.9 Å². The zero-order chi connectivity index (χ0) is 20.1. The fourth-order valence-electron chi connectivity index (χ4n) is 4.02. The third-order valence-corrected chi connectivity index (χ3v) is 6.63. The number of aryl methyl sites for hydroxylation is 1. The summed E-state index contributed by atoms with van der Waals surface area (Å²) in [7, 11) is 4.24. The van der Waals surface area contributed by atoms with E-state index in [0.717, 1.165) is 46.0 Å². The van der Waals surface area contributed by atoms with E-state index in [1.54, 1.807) is 21.8 Å². The van der Waals surface area contributed by atoms with Crippen LogP contribution in [-0.2, 0) is 0 Å². The molecular formula is C22H23N5OS. The van der Waals surface area contributed by atoms with Gasteiger partial charge in [-0.05, 0) is 51.7 Å². The van der Waals surface area contributed by atoms with Crippen molar-refractivity contribution in [3.05, 3.63) is 58.0 Å². The maximum absolute atomic E-state index is 12.9. The summed E-state index contributed by atoms with van der Waals surface area (Å²) >= 11 is 1.66. The van der Waals surface area contributed by atoms with E-state index in [0.29, 0.717) is 17.4 Å². The second kappa shape index (κ2) is 6.93. The minimum Gasteiger partial charge on any atom is -0.369 e. The minimum absolute atomic E-state index is 0.0595. The molecule has 1 aromatic carbocycles. The minimum atomic E-state index is -0.0595. The zero-order valence-electron chi connectivity index (χ0n) is 16.8. The number of likely N-dealkylation sites (N-methyl/N-ethyl adjacent to an activating group) is 1. The second-order valence-corrected chi connectivity index (χ2v) is 9.10. The molecule has 29 heavy (non-hydrogen) atoms. The van der Waals surface area contributed by atoms with Gasteiger partial charge in [-0.3, -0.25) is 9.20 Å². The van der Waals surface area contributed by atoms with Crippen molar-refractivity contribution in [1.29, 1.82) is 0 Å². The summed E-state index contributed by atoms with van der Waals surface area (Å²) in [5, 5.41) is 1.04. The van der Waals surface area contributed by atoms with Gasteiger partial charge in [-0.25, -0.2) is 9.97 Å². The van der Waals surface area contributed by atoms with E-state index in [4.69, 9.17) is 4.98 Å². The highest BCUT2D eigenvalue weighted by molar-refractivity contribution is 7.18. The molecule has 0 spiro atoms. The summed E-state index contributed by atoms with van der Waals surface area (Å²) in [6, 6.07) is 12.2. The number of nitrogens with zero attached hydrogens (tertiary/aromatic N) is 5. The number of thiazole rings is 1. The lowest BCUT2D eigenvalue weighted by Gasteiger charge is -2.22. The number of anilines is 1. The van der Waals surface area contributed by atoms with Gasteiger partial charge < -0.3 is 9.80 Å². The number of rotatable bonds is 3. The summed E-state index contributed by atoms with van der Waals surface area (Å²) in [5.41, 5.74) is 4.30. The van der Waals surface area contributed by atoms with Crippen molar-refractivity contribution in [2.24, 2.45) is 0 Å². The predicted octanol–water partition coefficient (Wildman–Crippen LogP) is 3.42. The molecular weight excluding hydrogens is 382 g/mol. The SMILES string of the molecule is Cc1nc2ccc(-c3cc(=O)n4cc(N5CCC(N(C)C)C5)ccc4n3)cc2s1. The smallest absolute Gasteiger partial charge is 0.258 e. The largest absolute Gasteiger partial charge is 0.369 e. The molecule has 5 rings (SSSR count). The summed E-state index contributed by atoms with van der Waals surface area (Å²) in [6.45, 7) is 3.99. The van der Waals surface area contributed by atoms with Crippen LogP contribution in [0.25, 0.3) is 27.1 Å². The number of benzene rings is 1. The van der Waals surface area contributed by atoms with Crippen LogP contribution in [0, 0.1) is 6.92 Å². The number of aromatic nitrogens is 3. The fraction of sp³-hybridized carbons (Fsp3) is 0.318. The molecule has 0 aliphatic carbocycles. The van der Waals surface area contributed by atoms with Crippen LogP contribution in [0.5, 0.6) is 0 Å². The van der Waals surface area contributed by atoms with E-state index in [9.17, 15) is 4.79 Å². The fourth-order valence-corrected chi connectivity index (χ4v) is 4.89. The first kappa shape index (κ1) is 18.3. The molecule has 3 aromatic heterocycles. The van der Waals surface area contributed by atoms with E-state index < -0.39 is 0 Å². The standard InChI is InChI=1S/C22H23N5OS/c1-14-23-18-6-4-15(10-20(18)29-14)19-11-22(28)27-13-17(5-7-21(27)24-19)26-9-8-16(12-26)25(2)3/h4-7,10-11,13,16H,8-9,12H2,1-3H3. The maximum atomic E-state index is 12.9. The number of fused-ring (bicyclic) bond motifs is 2. The van der Waals surface area contributed by atoms with Crippen LogP contribution in [0.4, 0.5) is 5.69 Å². The van der Waals surface area contributed by atoms with Gasteiger partial charge in [0.15, 0.2) is 0 Å². The van der Waals surface area contributed by atoms with Crippen molar-refractivity contribution in [2.45, 2.75) is 19.4 Å². The molecule has 1 unspecified atom stereocenters. The zero-order valence-corrected chi connectivity index (χ0v) is 17.6. The Bertz CT molecular complexity index is 1280. The second-order valence-electron chi connectivity index (χ2n) is 7.86. The number of pyridine rings is 1. The third kappa shape index (κ3) is 3.30. The molecule has 0 radical (unpaired) electrons. The van der Waals surface area contributed by atoms with E-state index in [-0.39, 0.29) is 5.56 Å². The van der Waals surface area contributed by atoms with Gasteiger partial charge in [0.1, 0.15) is 5.65 Å². The van der Waals surface area contributed by atoms with Gasteiger partial charge in [-0.2, -0.15) is 0 Å². The lowest BCUT2D eigenvalue weighted by atomic mass is 10.1. The monoisotopic (exact) mass is 405 g/mol. The van der Waals surface area contributed by atoms with Crippen LogP contribution >= 0.6 is 11.3 Å². The molecule has 1 aliphatic rings. The molecule has 0 N–H and O–H groups in total. The molecule has 7 heteroatoms. The summed E-state index contributed by atoms with van der Waals surface area (Å²) in [4.78, 5) is 26.7. The lowest BCUT2D eigenvalue weighted by molar-refractivity contribution is 0.315. The van der Waals surface area contributed by atoms with Crippen LogP contribution in [0.1, 0.15) is 11.4 Å². The summed E-state index contributed by atoms with van der Waals surface area (Å²) in [6.07, 6.45) is 3.05. The lowest BCUT2D eigenvalue weighted by Crippen LogP contribution is -2.31. The molecule has 4 aromatic rings. The van der Waals surface area contributed by atoms with Gasteiger partial charge in [-0.15, -0.1) is 11.3 Å². The van der Waals surface area contributed by atoms with E-state index in [2.05, 4.69) is 41.0 Å². The molecule has 1 atom stereocenters. The molecule has 0 bridgehead atoms. The van der Waals surface area contributed by atoms with Crippen molar-refractivity contribution in [2.75, 3.05) is 32.1 Å². The van der Waals surface area contributed by atoms with Gasteiger partial charge in [0.25, 0.3) is 5.56 Å². The van der Waals surface area contributed by atoms with Crippen LogP contribution < -0.4 is 10.5 Å². The number of hydrogen-bond acceptors (Lipinski definition) is 6. The predicted molar refractivity (Wildman–Crippen MR) is 119 cm³/mol. The topological polar surface area (TPSA) is 53.7 Å². The van der Waals surface area contributed by atoms with Crippen LogP contribution in [-0.4, -0.2) is 52.5 Å². The molecule has 148 valence electrons. The van der Waals surface area contributed by atoms with Gasteiger partial charge in [0.2, 0.25) is 0 Å². The molecule has 4 heterocycles. The Morgan fingerprint density at radius 1 is 1.14 bits per heavy atom. The first-order chi connectivity index (χ1) is 14.0. The quantitative estimate of drug-likeness (QED) is 0.523. The van der Waals surface area contributed by atoms with Crippen molar-refractivity contribution in [1.82, 2.24) is 19.3 Å². The molecule has 1 fully saturated rings. The average molecular weight is 406 g/mol. The first-order valence-electron chi connectivity index (χ1n) is 9.80. The van der Waals surface area contributed by atoms with Crippen molar-refractivity contribution in [3.8, 4) is 11.3 Å². The van der Waals surface area contributed by atoms with E-state index in [1.807, 2.05) is 31.3 Å². The normalized spacial score (nSPS) is 17.1. The highest BCUT2D eigenvalue weighted by atomic mass is 32.1.